The molecular formula is C17H15ClFN5S. The van der Waals surface area contributed by atoms with E-state index in [1.807, 2.05) is 31.5 Å². The number of hydrogen-bond donors (Lipinski definition) is 2. The van der Waals surface area contributed by atoms with Crippen LogP contribution in [0.25, 0.3) is 27.7 Å². The van der Waals surface area contributed by atoms with E-state index >= 15 is 4.39 Å². The lowest BCUT2D eigenvalue weighted by Gasteiger charge is -2.16. The number of fused-ring (bicyclic) bond motifs is 2. The molecule has 25 heavy (non-hydrogen) atoms. The molecule has 0 saturated carbocycles. The van der Waals surface area contributed by atoms with Gasteiger partial charge in [0.25, 0.3) is 0 Å². The topological polar surface area (TPSA) is 72.0 Å². The number of anilines is 1. The number of thioether (sulfide) groups is 1. The van der Waals surface area contributed by atoms with E-state index in [0.29, 0.717) is 28.1 Å². The predicted octanol–water partition coefficient (Wildman–Crippen LogP) is 4.68. The molecule has 1 atom stereocenters. The molecular weight excluding hydrogens is 361 g/mol. The van der Waals surface area contributed by atoms with Crippen molar-refractivity contribution in [1.29, 1.82) is 0 Å². The quantitative estimate of drug-likeness (QED) is 0.545. The van der Waals surface area contributed by atoms with Crippen LogP contribution in [0.15, 0.2) is 30.7 Å². The number of nitrogen functional groups attached to an aromatic ring is 1. The molecule has 0 radical (unpaired) electrons. The first-order valence-electron chi connectivity index (χ1n) is 7.62. The first-order valence-corrected chi connectivity index (χ1v) is 9.29. The standard InChI is InChI=1S/C17H15ClFN5S/c1-8(25-2)13-16(19)15(18)14(10-5-21-23-17(10)13)9-3-4-12-22-11(20)7-24(12)6-9/h3-8H,20H2,1-2H3,(H,21,23). The zero-order valence-electron chi connectivity index (χ0n) is 13.5. The van der Waals surface area contributed by atoms with Gasteiger partial charge in [0.1, 0.15) is 17.3 Å². The third-order valence-electron chi connectivity index (χ3n) is 4.35. The molecule has 4 rings (SSSR count). The molecule has 0 aliphatic rings. The summed E-state index contributed by atoms with van der Waals surface area (Å²) in [6, 6.07) is 3.68. The molecule has 4 aromatic rings. The third-order valence-corrected chi connectivity index (χ3v) is 5.64. The summed E-state index contributed by atoms with van der Waals surface area (Å²) in [4.78, 5) is 4.20. The molecule has 0 saturated heterocycles. The fraction of sp³-hybridized carbons (Fsp3) is 0.176. The fourth-order valence-corrected chi connectivity index (χ4v) is 3.85. The Morgan fingerprint density at radius 1 is 1.36 bits per heavy atom. The molecule has 5 nitrogen and oxygen atoms in total. The highest BCUT2D eigenvalue weighted by Gasteiger charge is 2.24. The minimum absolute atomic E-state index is 0.0505. The average molecular weight is 376 g/mol. The summed E-state index contributed by atoms with van der Waals surface area (Å²) in [7, 11) is 0. The SMILES string of the molecule is CSC(C)c1c(F)c(Cl)c(-c2ccc3nc(N)cn3c2)c2cn[nH]c12. The average Bonchev–Trinajstić information content (AvgIpc) is 3.20. The summed E-state index contributed by atoms with van der Waals surface area (Å²) < 4.78 is 16.9. The van der Waals surface area contributed by atoms with Gasteiger partial charge in [-0.15, -0.1) is 0 Å². The zero-order valence-corrected chi connectivity index (χ0v) is 15.1. The van der Waals surface area contributed by atoms with Gasteiger partial charge in [-0.05, 0) is 25.3 Å². The Kier molecular flexibility index (Phi) is 3.85. The minimum Gasteiger partial charge on any atom is -0.382 e. The lowest BCUT2D eigenvalue weighted by Crippen LogP contribution is -1.99. The number of rotatable bonds is 3. The molecule has 3 heterocycles. The number of pyridine rings is 1. The number of benzene rings is 1. The normalized spacial score (nSPS) is 13.0. The van der Waals surface area contributed by atoms with E-state index in [4.69, 9.17) is 17.3 Å². The molecule has 0 spiro atoms. The lowest BCUT2D eigenvalue weighted by atomic mass is 9.98. The van der Waals surface area contributed by atoms with Crippen LogP contribution < -0.4 is 5.73 Å². The Morgan fingerprint density at radius 3 is 2.92 bits per heavy atom. The maximum atomic E-state index is 15.1. The van der Waals surface area contributed by atoms with Crippen molar-refractivity contribution in [3.8, 4) is 11.1 Å². The van der Waals surface area contributed by atoms with E-state index < -0.39 is 5.82 Å². The van der Waals surface area contributed by atoms with Crippen LogP contribution in [0, 0.1) is 5.82 Å². The summed E-state index contributed by atoms with van der Waals surface area (Å²) in [6.45, 7) is 1.94. The molecule has 3 aromatic heterocycles. The predicted molar refractivity (Wildman–Crippen MR) is 102 cm³/mol. The highest BCUT2D eigenvalue weighted by Crippen LogP contribution is 2.43. The third kappa shape index (κ3) is 2.46. The minimum atomic E-state index is -0.416. The molecule has 1 unspecified atom stereocenters. The van der Waals surface area contributed by atoms with E-state index in [9.17, 15) is 0 Å². The second-order valence-corrected chi connectivity index (χ2v) is 7.36. The Labute approximate surface area is 152 Å². The largest absolute Gasteiger partial charge is 0.382 e. The second-order valence-electron chi connectivity index (χ2n) is 5.80. The van der Waals surface area contributed by atoms with Gasteiger partial charge in [0.2, 0.25) is 0 Å². The Bertz CT molecular complexity index is 1100. The number of aromatic amines is 1. The summed E-state index contributed by atoms with van der Waals surface area (Å²) in [5, 5.41) is 7.87. The smallest absolute Gasteiger partial charge is 0.148 e. The van der Waals surface area contributed by atoms with Crippen LogP contribution in [0.5, 0.6) is 0 Å². The van der Waals surface area contributed by atoms with E-state index in [-0.39, 0.29) is 10.3 Å². The van der Waals surface area contributed by atoms with Gasteiger partial charge in [-0.1, -0.05) is 11.6 Å². The van der Waals surface area contributed by atoms with E-state index in [1.165, 1.54) is 0 Å². The molecule has 0 fully saturated rings. The van der Waals surface area contributed by atoms with Gasteiger partial charge in [0, 0.05) is 33.5 Å². The maximum Gasteiger partial charge on any atom is 0.148 e. The van der Waals surface area contributed by atoms with Gasteiger partial charge in [-0.2, -0.15) is 16.9 Å². The summed E-state index contributed by atoms with van der Waals surface area (Å²) in [5.74, 6) is 0.00698. The van der Waals surface area contributed by atoms with Crippen LogP contribution in [-0.4, -0.2) is 25.8 Å². The maximum absolute atomic E-state index is 15.1. The van der Waals surface area contributed by atoms with Crippen molar-refractivity contribution < 1.29 is 4.39 Å². The van der Waals surface area contributed by atoms with E-state index in [2.05, 4.69) is 15.2 Å². The van der Waals surface area contributed by atoms with Gasteiger partial charge in [0.15, 0.2) is 0 Å². The summed E-state index contributed by atoms with van der Waals surface area (Å²) in [6.07, 6.45) is 7.16. The highest BCUT2D eigenvalue weighted by atomic mass is 35.5. The van der Waals surface area contributed by atoms with Gasteiger partial charge in [-0.3, -0.25) is 5.10 Å². The van der Waals surface area contributed by atoms with Crippen molar-refractivity contribution in [2.24, 2.45) is 0 Å². The van der Waals surface area contributed by atoms with Crippen LogP contribution in [0.2, 0.25) is 5.02 Å². The number of aromatic nitrogens is 4. The highest BCUT2D eigenvalue weighted by molar-refractivity contribution is 7.98. The van der Waals surface area contributed by atoms with Gasteiger partial charge in [0.05, 0.1) is 22.9 Å². The van der Waals surface area contributed by atoms with Gasteiger partial charge in [-0.25, -0.2) is 9.37 Å². The first-order chi connectivity index (χ1) is 12.0. The zero-order chi connectivity index (χ0) is 17.7. The summed E-state index contributed by atoms with van der Waals surface area (Å²) >= 11 is 8.00. The Balaban J connectivity index is 2.04. The number of hydrogen-bond acceptors (Lipinski definition) is 4. The number of nitrogens with zero attached hydrogens (tertiary/aromatic N) is 3. The van der Waals surface area contributed by atoms with Crippen molar-refractivity contribution in [3.05, 3.63) is 47.1 Å². The number of H-pyrrole nitrogens is 1. The van der Waals surface area contributed by atoms with Crippen LogP contribution in [0.1, 0.15) is 17.7 Å². The van der Waals surface area contributed by atoms with Crippen LogP contribution in [-0.2, 0) is 0 Å². The monoisotopic (exact) mass is 375 g/mol. The number of nitrogens with one attached hydrogen (secondary N) is 1. The van der Waals surface area contributed by atoms with Crippen molar-refractivity contribution in [2.75, 3.05) is 12.0 Å². The Morgan fingerprint density at radius 2 is 2.16 bits per heavy atom. The molecule has 1 aromatic carbocycles. The van der Waals surface area contributed by atoms with Crippen molar-refractivity contribution in [3.63, 3.8) is 0 Å². The van der Waals surface area contributed by atoms with Crippen molar-refractivity contribution >= 4 is 45.7 Å². The molecule has 3 N–H and O–H groups in total. The number of nitrogens with two attached hydrogens (primary N) is 1. The molecule has 0 aliphatic carbocycles. The fourth-order valence-electron chi connectivity index (χ4n) is 3.08. The van der Waals surface area contributed by atoms with Crippen LogP contribution >= 0.6 is 23.4 Å². The van der Waals surface area contributed by atoms with Crippen LogP contribution in [0.4, 0.5) is 10.2 Å². The first kappa shape index (κ1) is 16.2. The van der Waals surface area contributed by atoms with Gasteiger partial charge < -0.3 is 10.1 Å². The van der Waals surface area contributed by atoms with E-state index in [1.54, 1.807) is 28.6 Å². The molecule has 0 bridgehead atoms. The van der Waals surface area contributed by atoms with Crippen molar-refractivity contribution in [2.45, 2.75) is 12.2 Å². The second kappa shape index (κ2) is 5.93. The molecule has 128 valence electrons. The number of halogens is 2. The Hall–Kier alpha value is -2.25. The van der Waals surface area contributed by atoms with Crippen LogP contribution in [0.3, 0.4) is 0 Å². The molecule has 8 heteroatoms. The molecule has 0 aliphatic heterocycles. The lowest BCUT2D eigenvalue weighted by molar-refractivity contribution is 0.614. The molecule has 0 amide bonds. The van der Waals surface area contributed by atoms with E-state index in [0.717, 1.165) is 10.9 Å². The summed E-state index contributed by atoms with van der Waals surface area (Å²) in [5.41, 5.74) is 9.04. The van der Waals surface area contributed by atoms with Gasteiger partial charge >= 0.3 is 0 Å². The number of imidazole rings is 1. The van der Waals surface area contributed by atoms with Crippen molar-refractivity contribution in [1.82, 2.24) is 19.6 Å².